The molecular weight excluding hydrogens is 126 g/mol. The summed E-state index contributed by atoms with van der Waals surface area (Å²) in [6, 6.07) is 0. The van der Waals surface area contributed by atoms with Gasteiger partial charge in [0.05, 0.1) is 5.69 Å². The summed E-state index contributed by atoms with van der Waals surface area (Å²) in [6.07, 6.45) is 1.67. The Morgan fingerprint density at radius 2 is 2.20 bits per heavy atom. The summed E-state index contributed by atoms with van der Waals surface area (Å²) in [5.41, 5.74) is 2.04. The third-order valence-corrected chi connectivity index (χ3v) is 1.61. The summed E-state index contributed by atoms with van der Waals surface area (Å²) < 4.78 is 1.76. The molecule has 54 valence electrons. The van der Waals surface area contributed by atoms with Gasteiger partial charge in [-0.1, -0.05) is 0 Å². The maximum atomic E-state index is 7.31. The maximum absolute atomic E-state index is 7.31. The van der Waals surface area contributed by atoms with Gasteiger partial charge in [-0.2, -0.15) is 0 Å². The van der Waals surface area contributed by atoms with Crippen molar-refractivity contribution in [2.24, 2.45) is 0 Å². The molecule has 0 aromatic carbocycles. The van der Waals surface area contributed by atoms with E-state index in [0.29, 0.717) is 5.84 Å². The lowest BCUT2D eigenvalue weighted by atomic mass is 10.4. The summed E-state index contributed by atoms with van der Waals surface area (Å²) >= 11 is 0. The lowest BCUT2D eigenvalue weighted by molar-refractivity contribution is 1.04. The smallest absolute Gasteiger partial charge is 0.102 e. The van der Waals surface area contributed by atoms with Crippen molar-refractivity contribution < 1.29 is 0 Å². The van der Waals surface area contributed by atoms with E-state index in [1.165, 1.54) is 0 Å². The summed E-state index contributed by atoms with van der Waals surface area (Å²) in [6.45, 7) is 5.64. The predicted octanol–water partition coefficient (Wildman–Crippen LogP) is 1.35. The average molecular weight is 137 g/mol. The molecule has 1 aromatic heterocycles. The number of hydrogen-bond acceptors (Lipinski definition) is 2. The van der Waals surface area contributed by atoms with Crippen LogP contribution in [0.5, 0.6) is 0 Å². The lowest BCUT2D eigenvalue weighted by Gasteiger charge is -1.99. The Morgan fingerprint density at radius 3 is 2.40 bits per heavy atom. The molecule has 3 nitrogen and oxygen atoms in total. The second-order valence-corrected chi connectivity index (χ2v) is 2.37. The monoisotopic (exact) mass is 137 g/mol. The van der Waals surface area contributed by atoms with E-state index in [0.717, 1.165) is 11.4 Å². The Hall–Kier alpha value is -1.12. The van der Waals surface area contributed by atoms with Crippen LogP contribution in [0.4, 0.5) is 0 Å². The molecule has 0 radical (unpaired) electrons. The van der Waals surface area contributed by atoms with Crippen molar-refractivity contribution in [1.29, 1.82) is 5.41 Å². The Labute approximate surface area is 60.2 Å². The van der Waals surface area contributed by atoms with E-state index < -0.39 is 0 Å². The SMILES string of the molecule is CC(=N)n1cnc(C)c1C. The molecule has 1 heterocycles. The minimum atomic E-state index is 0.512. The van der Waals surface area contributed by atoms with Gasteiger partial charge in [0, 0.05) is 5.69 Å². The number of nitrogens with zero attached hydrogens (tertiary/aromatic N) is 2. The molecule has 0 atom stereocenters. The first-order valence-electron chi connectivity index (χ1n) is 3.19. The van der Waals surface area contributed by atoms with Gasteiger partial charge in [0.25, 0.3) is 0 Å². The van der Waals surface area contributed by atoms with E-state index in [9.17, 15) is 0 Å². The molecule has 0 fully saturated rings. The fourth-order valence-corrected chi connectivity index (χ4v) is 0.837. The number of nitrogens with one attached hydrogen (secondary N) is 1. The second-order valence-electron chi connectivity index (χ2n) is 2.37. The number of rotatable bonds is 0. The van der Waals surface area contributed by atoms with Gasteiger partial charge in [-0.3, -0.25) is 9.98 Å². The number of hydrogen-bond donors (Lipinski definition) is 1. The van der Waals surface area contributed by atoms with E-state index in [1.807, 2.05) is 13.8 Å². The van der Waals surface area contributed by atoms with Crippen LogP contribution < -0.4 is 0 Å². The third kappa shape index (κ3) is 0.943. The molecule has 10 heavy (non-hydrogen) atoms. The Balaban J connectivity index is 3.17. The summed E-state index contributed by atoms with van der Waals surface area (Å²) in [7, 11) is 0. The van der Waals surface area contributed by atoms with Crippen molar-refractivity contribution in [3.63, 3.8) is 0 Å². The molecule has 0 bridgehead atoms. The Morgan fingerprint density at radius 1 is 1.60 bits per heavy atom. The van der Waals surface area contributed by atoms with Crippen LogP contribution in [0, 0.1) is 19.3 Å². The van der Waals surface area contributed by atoms with E-state index in [1.54, 1.807) is 17.8 Å². The topological polar surface area (TPSA) is 41.7 Å². The zero-order valence-corrected chi connectivity index (χ0v) is 6.47. The highest BCUT2D eigenvalue weighted by Crippen LogP contribution is 2.02. The first-order chi connectivity index (χ1) is 4.63. The van der Waals surface area contributed by atoms with Crippen LogP contribution in [-0.2, 0) is 0 Å². The molecule has 0 unspecified atom stereocenters. The normalized spacial score (nSPS) is 9.90. The standard InChI is InChI=1S/C7H11N3/c1-5-6(2)10(4-9-5)7(3)8/h4,8H,1-3H3. The van der Waals surface area contributed by atoms with Crippen LogP contribution in [0.1, 0.15) is 18.3 Å². The zero-order chi connectivity index (χ0) is 7.72. The molecule has 0 aliphatic heterocycles. The van der Waals surface area contributed by atoms with Crippen molar-refractivity contribution in [1.82, 2.24) is 9.55 Å². The van der Waals surface area contributed by atoms with E-state index >= 15 is 0 Å². The molecular formula is C7H11N3. The van der Waals surface area contributed by atoms with Crippen LogP contribution in [0.3, 0.4) is 0 Å². The number of aromatic nitrogens is 2. The van der Waals surface area contributed by atoms with Gasteiger partial charge in [0.1, 0.15) is 12.2 Å². The minimum Gasteiger partial charge on any atom is -0.292 e. The Bertz CT molecular complexity index is 260. The van der Waals surface area contributed by atoms with Gasteiger partial charge < -0.3 is 0 Å². The van der Waals surface area contributed by atoms with Crippen molar-refractivity contribution in [2.75, 3.05) is 0 Å². The van der Waals surface area contributed by atoms with Gasteiger partial charge in [-0.25, -0.2) is 4.98 Å². The van der Waals surface area contributed by atoms with Crippen LogP contribution in [-0.4, -0.2) is 15.4 Å². The lowest BCUT2D eigenvalue weighted by Crippen LogP contribution is -2.05. The molecule has 0 saturated carbocycles. The van der Waals surface area contributed by atoms with Crippen LogP contribution in [0.2, 0.25) is 0 Å². The van der Waals surface area contributed by atoms with Crippen molar-refractivity contribution in [3.05, 3.63) is 17.7 Å². The predicted molar refractivity (Wildman–Crippen MR) is 40.5 cm³/mol. The average Bonchev–Trinajstić information content (AvgIpc) is 2.14. The van der Waals surface area contributed by atoms with Gasteiger partial charge in [0.15, 0.2) is 0 Å². The fourth-order valence-electron chi connectivity index (χ4n) is 0.837. The summed E-state index contributed by atoms with van der Waals surface area (Å²) in [5.74, 6) is 0.512. The third-order valence-electron chi connectivity index (χ3n) is 1.61. The highest BCUT2D eigenvalue weighted by Gasteiger charge is 2.01. The van der Waals surface area contributed by atoms with Crippen molar-refractivity contribution >= 4 is 5.84 Å². The molecule has 0 aliphatic carbocycles. The van der Waals surface area contributed by atoms with Crippen LogP contribution in [0.15, 0.2) is 6.33 Å². The molecule has 3 heteroatoms. The first-order valence-corrected chi connectivity index (χ1v) is 3.19. The maximum Gasteiger partial charge on any atom is 0.102 e. The summed E-state index contributed by atoms with van der Waals surface area (Å²) in [4.78, 5) is 4.06. The highest BCUT2D eigenvalue weighted by molar-refractivity contribution is 5.79. The molecule has 1 rings (SSSR count). The molecule has 0 saturated heterocycles. The molecule has 1 aromatic rings. The highest BCUT2D eigenvalue weighted by atomic mass is 15.1. The van der Waals surface area contributed by atoms with Gasteiger partial charge in [0.2, 0.25) is 0 Å². The largest absolute Gasteiger partial charge is 0.292 e. The van der Waals surface area contributed by atoms with Gasteiger partial charge in [-0.05, 0) is 20.8 Å². The quantitative estimate of drug-likeness (QED) is 0.425. The van der Waals surface area contributed by atoms with E-state index in [-0.39, 0.29) is 0 Å². The minimum absolute atomic E-state index is 0.512. The summed E-state index contributed by atoms with van der Waals surface area (Å²) in [5, 5.41) is 7.31. The fraction of sp³-hybridized carbons (Fsp3) is 0.429. The van der Waals surface area contributed by atoms with Gasteiger partial charge in [-0.15, -0.1) is 0 Å². The van der Waals surface area contributed by atoms with Gasteiger partial charge >= 0.3 is 0 Å². The van der Waals surface area contributed by atoms with Crippen LogP contribution in [0.25, 0.3) is 0 Å². The Kier molecular flexibility index (Phi) is 1.57. The van der Waals surface area contributed by atoms with Crippen molar-refractivity contribution in [3.8, 4) is 0 Å². The molecule has 0 spiro atoms. The van der Waals surface area contributed by atoms with Crippen LogP contribution >= 0.6 is 0 Å². The first kappa shape index (κ1) is 6.99. The van der Waals surface area contributed by atoms with E-state index in [4.69, 9.17) is 5.41 Å². The molecule has 0 amide bonds. The molecule has 1 N–H and O–H groups in total. The second kappa shape index (κ2) is 2.25. The number of imidazole rings is 1. The molecule has 0 aliphatic rings. The van der Waals surface area contributed by atoms with E-state index in [2.05, 4.69) is 4.98 Å². The number of aryl methyl sites for hydroxylation is 1. The van der Waals surface area contributed by atoms with Crippen molar-refractivity contribution in [2.45, 2.75) is 20.8 Å². The zero-order valence-electron chi connectivity index (χ0n) is 6.47.